The summed E-state index contributed by atoms with van der Waals surface area (Å²) in [5.41, 5.74) is 0.735. The second-order valence-electron chi connectivity index (χ2n) is 7.23. The summed E-state index contributed by atoms with van der Waals surface area (Å²) in [6.45, 7) is 0.983. The standard InChI is InChI=1S/C23H25N3O5S/c1-30-21-10-9-17(14-22(21)31-2)13-18(16-24)23(27)25-19-7-6-8-20(15-19)32(28,29)26-11-4-3-5-12-26/h6-10,13-15H,3-5,11-12H2,1-2H3,(H,25,27)/b18-13-. The topological polar surface area (TPSA) is 109 Å². The lowest BCUT2D eigenvalue weighted by Gasteiger charge is -2.26. The van der Waals surface area contributed by atoms with Crippen molar-refractivity contribution in [2.75, 3.05) is 32.6 Å². The highest BCUT2D eigenvalue weighted by atomic mass is 32.2. The minimum atomic E-state index is -3.63. The van der Waals surface area contributed by atoms with E-state index in [1.807, 2.05) is 6.07 Å². The SMILES string of the molecule is COc1ccc(/C=C(/C#N)C(=O)Nc2cccc(S(=O)(=O)N3CCCCC3)c2)cc1OC. The number of nitriles is 1. The molecule has 0 saturated carbocycles. The van der Waals surface area contributed by atoms with Gasteiger partial charge in [-0.3, -0.25) is 4.79 Å². The van der Waals surface area contributed by atoms with E-state index >= 15 is 0 Å². The van der Waals surface area contributed by atoms with Crippen molar-refractivity contribution >= 4 is 27.7 Å². The number of amides is 1. The minimum Gasteiger partial charge on any atom is -0.493 e. The van der Waals surface area contributed by atoms with Crippen LogP contribution in [0.5, 0.6) is 11.5 Å². The van der Waals surface area contributed by atoms with Crippen LogP contribution in [0.1, 0.15) is 24.8 Å². The number of hydrogen-bond donors (Lipinski definition) is 1. The van der Waals surface area contributed by atoms with Gasteiger partial charge in [0.15, 0.2) is 11.5 Å². The zero-order valence-corrected chi connectivity index (χ0v) is 18.8. The van der Waals surface area contributed by atoms with Crippen LogP contribution >= 0.6 is 0 Å². The highest BCUT2D eigenvalue weighted by Crippen LogP contribution is 2.28. The molecule has 0 aromatic heterocycles. The molecule has 0 radical (unpaired) electrons. The number of carbonyl (C=O) groups excluding carboxylic acids is 1. The van der Waals surface area contributed by atoms with Crippen LogP contribution < -0.4 is 14.8 Å². The number of benzene rings is 2. The molecule has 0 bridgehead atoms. The van der Waals surface area contributed by atoms with Gasteiger partial charge in [-0.25, -0.2) is 8.42 Å². The number of hydrogen-bond acceptors (Lipinski definition) is 6. The zero-order valence-electron chi connectivity index (χ0n) is 18.0. The third-order valence-electron chi connectivity index (χ3n) is 5.13. The molecule has 9 heteroatoms. The van der Waals surface area contributed by atoms with Crippen LogP contribution in [0.25, 0.3) is 6.08 Å². The van der Waals surface area contributed by atoms with Crippen LogP contribution in [0, 0.1) is 11.3 Å². The van der Waals surface area contributed by atoms with E-state index in [-0.39, 0.29) is 10.5 Å². The van der Waals surface area contributed by atoms with Gasteiger partial charge in [0.2, 0.25) is 10.0 Å². The normalized spacial score (nSPS) is 15.0. The van der Waals surface area contributed by atoms with Crippen LogP contribution in [-0.4, -0.2) is 45.9 Å². The number of ether oxygens (including phenoxy) is 2. The molecule has 1 amide bonds. The number of anilines is 1. The molecule has 1 fully saturated rings. The maximum absolute atomic E-state index is 12.9. The first-order valence-corrected chi connectivity index (χ1v) is 11.6. The van der Waals surface area contributed by atoms with E-state index in [1.54, 1.807) is 30.3 Å². The molecular formula is C23H25N3O5S. The monoisotopic (exact) mass is 455 g/mol. The van der Waals surface area contributed by atoms with E-state index in [0.717, 1.165) is 19.3 Å². The Morgan fingerprint density at radius 2 is 1.78 bits per heavy atom. The quantitative estimate of drug-likeness (QED) is 0.506. The first-order chi connectivity index (χ1) is 15.4. The summed E-state index contributed by atoms with van der Waals surface area (Å²) in [6, 6.07) is 13.0. The Labute approximate surface area is 188 Å². The van der Waals surface area contributed by atoms with Crippen LogP contribution in [0.3, 0.4) is 0 Å². The molecule has 32 heavy (non-hydrogen) atoms. The van der Waals surface area contributed by atoms with Gasteiger partial charge >= 0.3 is 0 Å². The van der Waals surface area contributed by atoms with Crippen molar-refractivity contribution in [2.45, 2.75) is 24.2 Å². The van der Waals surface area contributed by atoms with Gasteiger partial charge in [-0.15, -0.1) is 0 Å². The van der Waals surface area contributed by atoms with E-state index in [9.17, 15) is 18.5 Å². The lowest BCUT2D eigenvalue weighted by molar-refractivity contribution is -0.112. The van der Waals surface area contributed by atoms with E-state index in [2.05, 4.69) is 5.32 Å². The van der Waals surface area contributed by atoms with Crippen molar-refractivity contribution in [3.05, 3.63) is 53.6 Å². The molecular weight excluding hydrogens is 430 g/mol. The van der Waals surface area contributed by atoms with Crippen LogP contribution in [0.2, 0.25) is 0 Å². The highest BCUT2D eigenvalue weighted by Gasteiger charge is 2.26. The van der Waals surface area contributed by atoms with Gasteiger partial charge in [-0.1, -0.05) is 18.6 Å². The Kier molecular flexibility index (Phi) is 7.51. The van der Waals surface area contributed by atoms with Gasteiger partial charge < -0.3 is 14.8 Å². The van der Waals surface area contributed by atoms with Gasteiger partial charge in [0, 0.05) is 18.8 Å². The number of nitrogens with one attached hydrogen (secondary N) is 1. The Hall–Kier alpha value is -3.35. The van der Waals surface area contributed by atoms with Crippen molar-refractivity contribution in [1.29, 1.82) is 5.26 Å². The lowest BCUT2D eigenvalue weighted by Crippen LogP contribution is -2.35. The molecule has 0 spiro atoms. The largest absolute Gasteiger partial charge is 0.493 e. The molecule has 3 rings (SSSR count). The van der Waals surface area contributed by atoms with Crippen molar-refractivity contribution in [3.8, 4) is 17.6 Å². The third kappa shape index (κ3) is 5.28. The highest BCUT2D eigenvalue weighted by molar-refractivity contribution is 7.89. The van der Waals surface area contributed by atoms with Gasteiger partial charge in [0.1, 0.15) is 11.6 Å². The van der Waals surface area contributed by atoms with Crippen LogP contribution in [0.4, 0.5) is 5.69 Å². The number of piperidine rings is 1. The van der Waals surface area contributed by atoms with Gasteiger partial charge in [0.05, 0.1) is 19.1 Å². The van der Waals surface area contributed by atoms with E-state index < -0.39 is 15.9 Å². The molecule has 1 saturated heterocycles. The number of nitrogens with zero attached hydrogens (tertiary/aromatic N) is 2. The second kappa shape index (κ2) is 10.3. The molecule has 1 aliphatic rings. The maximum Gasteiger partial charge on any atom is 0.266 e. The molecule has 168 valence electrons. The zero-order chi connectivity index (χ0) is 23.1. The summed E-state index contributed by atoms with van der Waals surface area (Å²) in [5.74, 6) is 0.351. The summed E-state index contributed by atoms with van der Waals surface area (Å²) >= 11 is 0. The van der Waals surface area contributed by atoms with E-state index in [0.29, 0.717) is 35.8 Å². The van der Waals surface area contributed by atoms with Gasteiger partial charge in [0.25, 0.3) is 5.91 Å². The summed E-state index contributed by atoms with van der Waals surface area (Å²) in [5, 5.41) is 12.1. The van der Waals surface area contributed by atoms with Crippen molar-refractivity contribution in [3.63, 3.8) is 0 Å². The molecule has 1 heterocycles. The van der Waals surface area contributed by atoms with Crippen molar-refractivity contribution < 1.29 is 22.7 Å². The fourth-order valence-electron chi connectivity index (χ4n) is 3.44. The molecule has 2 aromatic carbocycles. The molecule has 0 aliphatic carbocycles. The first kappa shape index (κ1) is 23.3. The third-order valence-corrected chi connectivity index (χ3v) is 7.02. The average Bonchev–Trinajstić information content (AvgIpc) is 2.83. The Morgan fingerprint density at radius 1 is 1.06 bits per heavy atom. The molecule has 2 aromatic rings. The first-order valence-electron chi connectivity index (χ1n) is 10.1. The number of methoxy groups -OCH3 is 2. The maximum atomic E-state index is 12.9. The van der Waals surface area contributed by atoms with Crippen LogP contribution in [-0.2, 0) is 14.8 Å². The van der Waals surface area contributed by atoms with E-state index in [4.69, 9.17) is 9.47 Å². The van der Waals surface area contributed by atoms with E-state index in [1.165, 1.54) is 36.7 Å². The molecule has 0 unspecified atom stereocenters. The van der Waals surface area contributed by atoms with Gasteiger partial charge in [-0.2, -0.15) is 9.57 Å². The Morgan fingerprint density at radius 3 is 2.44 bits per heavy atom. The molecule has 8 nitrogen and oxygen atoms in total. The lowest BCUT2D eigenvalue weighted by atomic mass is 10.1. The predicted molar refractivity (Wildman–Crippen MR) is 121 cm³/mol. The minimum absolute atomic E-state index is 0.111. The number of carbonyl (C=O) groups is 1. The Bertz CT molecular complexity index is 1160. The van der Waals surface area contributed by atoms with Crippen molar-refractivity contribution in [1.82, 2.24) is 4.31 Å². The predicted octanol–water partition coefficient (Wildman–Crippen LogP) is 3.42. The molecule has 1 aliphatic heterocycles. The summed E-state index contributed by atoms with van der Waals surface area (Å²) < 4.78 is 37.7. The summed E-state index contributed by atoms with van der Waals surface area (Å²) in [6.07, 6.45) is 4.11. The molecule has 0 atom stereocenters. The van der Waals surface area contributed by atoms with Crippen LogP contribution in [0.15, 0.2) is 52.9 Å². The average molecular weight is 456 g/mol. The smallest absolute Gasteiger partial charge is 0.266 e. The summed E-state index contributed by atoms with van der Waals surface area (Å²) in [7, 11) is -0.623. The fourth-order valence-corrected chi connectivity index (χ4v) is 5.01. The summed E-state index contributed by atoms with van der Waals surface area (Å²) in [4.78, 5) is 12.8. The number of rotatable bonds is 7. The Balaban J connectivity index is 1.81. The van der Waals surface area contributed by atoms with Crippen molar-refractivity contribution in [2.24, 2.45) is 0 Å². The number of sulfonamides is 1. The fraction of sp³-hybridized carbons (Fsp3) is 0.304. The molecule has 1 N–H and O–H groups in total. The second-order valence-corrected chi connectivity index (χ2v) is 9.17. The van der Waals surface area contributed by atoms with Gasteiger partial charge in [-0.05, 0) is 54.8 Å².